The summed E-state index contributed by atoms with van der Waals surface area (Å²) in [6.07, 6.45) is 1.69. The van der Waals surface area contributed by atoms with Gasteiger partial charge in [-0.1, -0.05) is 18.2 Å². The summed E-state index contributed by atoms with van der Waals surface area (Å²) < 4.78 is 5.33. The summed E-state index contributed by atoms with van der Waals surface area (Å²) in [4.78, 5) is 0. The molecule has 0 bridgehead atoms. The second-order valence-electron chi connectivity index (χ2n) is 3.07. The molecule has 1 radical (unpaired) electrons. The molecule has 0 saturated heterocycles. The first-order valence-electron chi connectivity index (χ1n) is 4.24. The van der Waals surface area contributed by atoms with Crippen molar-refractivity contribution in [1.82, 2.24) is 0 Å². The fourth-order valence-corrected chi connectivity index (χ4v) is 1.38. The molecular formula is C12H11O. The average molecular weight is 171 g/mol. The van der Waals surface area contributed by atoms with Crippen LogP contribution in [0.5, 0.6) is 0 Å². The number of hydrogen-bond acceptors (Lipinski definition) is 1. The van der Waals surface area contributed by atoms with E-state index in [2.05, 4.69) is 13.8 Å². The smallest absolute Gasteiger partial charge is 0.134 e. The van der Waals surface area contributed by atoms with Gasteiger partial charge in [-0.05, 0) is 37.1 Å². The van der Waals surface area contributed by atoms with Crippen molar-refractivity contribution in [2.24, 2.45) is 0 Å². The first-order chi connectivity index (χ1) is 6.29. The molecule has 0 spiro atoms. The van der Waals surface area contributed by atoms with Crippen LogP contribution >= 0.6 is 0 Å². The molecule has 1 nitrogen and oxygen atoms in total. The van der Waals surface area contributed by atoms with Crippen LogP contribution in [0.15, 0.2) is 41.0 Å². The van der Waals surface area contributed by atoms with Crippen LogP contribution in [0.1, 0.15) is 11.1 Å². The molecule has 1 aromatic heterocycles. The van der Waals surface area contributed by atoms with Gasteiger partial charge in [0.25, 0.3) is 0 Å². The van der Waals surface area contributed by atoms with Gasteiger partial charge in [0.1, 0.15) is 5.76 Å². The van der Waals surface area contributed by atoms with Gasteiger partial charge in [-0.2, -0.15) is 0 Å². The van der Waals surface area contributed by atoms with E-state index in [9.17, 15) is 0 Å². The molecule has 0 N–H and O–H groups in total. The lowest BCUT2D eigenvalue weighted by Gasteiger charge is -2.04. The highest BCUT2D eigenvalue weighted by atomic mass is 16.3. The van der Waals surface area contributed by atoms with E-state index in [0.29, 0.717) is 0 Å². The lowest BCUT2D eigenvalue weighted by molar-refractivity contribution is 0.582. The Balaban J connectivity index is 2.59. The molecule has 0 unspecified atom stereocenters. The Bertz CT molecular complexity index is 399. The summed E-state index contributed by atoms with van der Waals surface area (Å²) in [5.41, 5.74) is 3.35. The van der Waals surface area contributed by atoms with Gasteiger partial charge in [-0.3, -0.25) is 0 Å². The minimum atomic E-state index is 0.906. The maximum Gasteiger partial charge on any atom is 0.134 e. The second kappa shape index (κ2) is 3.09. The van der Waals surface area contributed by atoms with Crippen molar-refractivity contribution in [2.45, 2.75) is 6.92 Å². The quantitative estimate of drug-likeness (QED) is 0.640. The van der Waals surface area contributed by atoms with Crippen LogP contribution in [0.4, 0.5) is 0 Å². The summed E-state index contributed by atoms with van der Waals surface area (Å²) in [6.45, 7) is 6.00. The monoisotopic (exact) mass is 171 g/mol. The lowest BCUT2D eigenvalue weighted by atomic mass is 10.0. The molecule has 1 aromatic carbocycles. The van der Waals surface area contributed by atoms with Gasteiger partial charge in [0.05, 0.1) is 6.26 Å². The summed E-state index contributed by atoms with van der Waals surface area (Å²) in [5.74, 6) is 0.906. The molecular weight excluding hydrogens is 160 g/mol. The molecule has 0 aliphatic rings. The Morgan fingerprint density at radius 2 is 2.00 bits per heavy atom. The summed E-state index contributed by atoms with van der Waals surface area (Å²) in [6, 6.07) is 9.89. The number of rotatable bonds is 1. The van der Waals surface area contributed by atoms with E-state index in [1.165, 1.54) is 5.56 Å². The van der Waals surface area contributed by atoms with Crippen molar-refractivity contribution >= 4 is 0 Å². The van der Waals surface area contributed by atoms with Gasteiger partial charge < -0.3 is 4.42 Å². The fourth-order valence-electron chi connectivity index (χ4n) is 1.38. The molecule has 0 atom stereocenters. The number of furan rings is 1. The molecule has 13 heavy (non-hydrogen) atoms. The van der Waals surface area contributed by atoms with Crippen LogP contribution in [0, 0.1) is 13.8 Å². The highest BCUT2D eigenvalue weighted by Gasteiger charge is 2.04. The maximum atomic E-state index is 5.33. The van der Waals surface area contributed by atoms with Crippen LogP contribution in [0.2, 0.25) is 0 Å². The van der Waals surface area contributed by atoms with Crippen molar-refractivity contribution in [3.8, 4) is 11.3 Å². The molecule has 2 rings (SSSR count). The summed E-state index contributed by atoms with van der Waals surface area (Å²) in [7, 11) is 0. The van der Waals surface area contributed by atoms with Gasteiger partial charge in [-0.15, -0.1) is 0 Å². The van der Waals surface area contributed by atoms with Crippen LogP contribution in [0.3, 0.4) is 0 Å². The third kappa shape index (κ3) is 1.37. The zero-order valence-corrected chi connectivity index (χ0v) is 7.58. The summed E-state index contributed by atoms with van der Waals surface area (Å²) >= 11 is 0. The Labute approximate surface area is 78.0 Å². The van der Waals surface area contributed by atoms with E-state index in [-0.39, 0.29) is 0 Å². The van der Waals surface area contributed by atoms with E-state index >= 15 is 0 Å². The molecule has 0 aliphatic carbocycles. The van der Waals surface area contributed by atoms with Crippen molar-refractivity contribution in [3.63, 3.8) is 0 Å². The van der Waals surface area contributed by atoms with Crippen molar-refractivity contribution < 1.29 is 4.42 Å². The first-order valence-corrected chi connectivity index (χ1v) is 4.24. The highest BCUT2D eigenvalue weighted by Crippen LogP contribution is 2.25. The molecule has 2 aromatic rings. The van der Waals surface area contributed by atoms with Crippen molar-refractivity contribution in [3.05, 3.63) is 54.6 Å². The van der Waals surface area contributed by atoms with E-state index in [1.54, 1.807) is 6.26 Å². The minimum absolute atomic E-state index is 0.906. The first kappa shape index (κ1) is 8.11. The zero-order valence-electron chi connectivity index (χ0n) is 7.58. The fraction of sp³-hybridized carbons (Fsp3) is 0.0833. The van der Waals surface area contributed by atoms with Crippen LogP contribution in [-0.4, -0.2) is 0 Å². The van der Waals surface area contributed by atoms with Gasteiger partial charge in [0.15, 0.2) is 0 Å². The van der Waals surface area contributed by atoms with E-state index in [1.807, 2.05) is 30.3 Å². The van der Waals surface area contributed by atoms with Crippen LogP contribution in [-0.2, 0) is 0 Å². The topological polar surface area (TPSA) is 13.1 Å². The largest absolute Gasteiger partial charge is 0.464 e. The molecule has 65 valence electrons. The van der Waals surface area contributed by atoms with Gasteiger partial charge in [-0.25, -0.2) is 0 Å². The predicted molar refractivity (Wildman–Crippen MR) is 53.3 cm³/mol. The SMILES string of the molecule is [CH2]c1cccc(-c2ccco2)c1C. The van der Waals surface area contributed by atoms with Gasteiger partial charge in [0.2, 0.25) is 0 Å². The lowest BCUT2D eigenvalue weighted by Crippen LogP contribution is -1.84. The van der Waals surface area contributed by atoms with E-state index in [4.69, 9.17) is 4.42 Å². The Morgan fingerprint density at radius 3 is 2.69 bits per heavy atom. The third-order valence-electron chi connectivity index (χ3n) is 2.23. The van der Waals surface area contributed by atoms with Crippen LogP contribution < -0.4 is 0 Å². The van der Waals surface area contributed by atoms with E-state index < -0.39 is 0 Å². The second-order valence-corrected chi connectivity index (χ2v) is 3.07. The van der Waals surface area contributed by atoms with Gasteiger partial charge >= 0.3 is 0 Å². The number of benzene rings is 1. The molecule has 0 saturated carbocycles. The average Bonchev–Trinajstić information content (AvgIpc) is 2.62. The number of hydrogen-bond donors (Lipinski definition) is 0. The molecule has 0 aliphatic heterocycles. The Kier molecular flexibility index (Phi) is 1.93. The molecule has 1 heterocycles. The Hall–Kier alpha value is -1.50. The highest BCUT2D eigenvalue weighted by molar-refractivity contribution is 5.63. The van der Waals surface area contributed by atoms with Crippen molar-refractivity contribution in [1.29, 1.82) is 0 Å². The summed E-state index contributed by atoms with van der Waals surface area (Å²) in [5, 5.41) is 0. The zero-order chi connectivity index (χ0) is 9.26. The van der Waals surface area contributed by atoms with Gasteiger partial charge in [0, 0.05) is 5.56 Å². The third-order valence-corrected chi connectivity index (χ3v) is 2.23. The normalized spacial score (nSPS) is 10.3. The molecule has 0 amide bonds. The standard InChI is InChI=1S/C12H11O/c1-9-5-3-6-11(10(9)2)12-7-4-8-13-12/h3-8H,1H2,2H3. The van der Waals surface area contributed by atoms with E-state index in [0.717, 1.165) is 16.9 Å². The molecule has 0 fully saturated rings. The van der Waals surface area contributed by atoms with Crippen molar-refractivity contribution in [2.75, 3.05) is 0 Å². The Morgan fingerprint density at radius 1 is 1.15 bits per heavy atom. The molecule has 1 heteroatoms. The minimum Gasteiger partial charge on any atom is -0.464 e. The maximum absolute atomic E-state index is 5.33. The predicted octanol–water partition coefficient (Wildman–Crippen LogP) is 3.44. The van der Waals surface area contributed by atoms with Crippen LogP contribution in [0.25, 0.3) is 11.3 Å².